The topological polar surface area (TPSA) is 150 Å². The summed E-state index contributed by atoms with van der Waals surface area (Å²) < 4.78 is 10.0. The van der Waals surface area contributed by atoms with Crippen molar-refractivity contribution in [3.63, 3.8) is 0 Å². The lowest BCUT2D eigenvalue weighted by molar-refractivity contribution is -0.138. The quantitative estimate of drug-likeness (QED) is 0.320. The Hall–Kier alpha value is -3.41. The van der Waals surface area contributed by atoms with E-state index in [1.807, 2.05) is 6.92 Å². The number of rotatable bonds is 4. The lowest BCUT2D eigenvalue weighted by atomic mass is 10.1. The van der Waals surface area contributed by atoms with Gasteiger partial charge in [-0.1, -0.05) is 23.9 Å². The number of ether oxygens (including phenoxy) is 2. The van der Waals surface area contributed by atoms with Crippen LogP contribution in [-0.4, -0.2) is 76.4 Å². The van der Waals surface area contributed by atoms with Gasteiger partial charge in [-0.05, 0) is 39.8 Å². The number of benzene rings is 1. The van der Waals surface area contributed by atoms with Gasteiger partial charge in [0.15, 0.2) is 5.17 Å². The van der Waals surface area contributed by atoms with Crippen LogP contribution < -0.4 is 10.6 Å². The SMILES string of the molecule is CC1C(C(=O)NC2COC(=O)C2)SC(=NC(=O)c2ccc(C(=N)NC(=O)OC(C)(C)C)cc2)N1C. The van der Waals surface area contributed by atoms with Gasteiger partial charge < -0.3 is 19.7 Å². The number of amides is 3. The highest BCUT2D eigenvalue weighted by Crippen LogP contribution is 2.31. The molecule has 11 nitrogen and oxygen atoms in total. The van der Waals surface area contributed by atoms with E-state index in [1.54, 1.807) is 32.7 Å². The van der Waals surface area contributed by atoms with E-state index in [1.165, 1.54) is 36.0 Å². The van der Waals surface area contributed by atoms with Crippen molar-refractivity contribution in [2.24, 2.45) is 4.99 Å². The average molecular weight is 504 g/mol. The minimum absolute atomic E-state index is 0.146. The number of aliphatic imine (C=N–C) groups is 1. The molecule has 1 aromatic carbocycles. The summed E-state index contributed by atoms with van der Waals surface area (Å²) in [7, 11) is 1.76. The zero-order valence-corrected chi connectivity index (χ0v) is 21.0. The Labute approximate surface area is 207 Å². The number of amidine groups is 2. The van der Waals surface area contributed by atoms with Crippen molar-refractivity contribution in [1.29, 1.82) is 5.41 Å². The zero-order valence-electron chi connectivity index (χ0n) is 20.2. The Morgan fingerprint density at radius 2 is 1.83 bits per heavy atom. The van der Waals surface area contributed by atoms with Gasteiger partial charge in [-0.15, -0.1) is 0 Å². The fourth-order valence-electron chi connectivity index (χ4n) is 3.35. The van der Waals surface area contributed by atoms with Gasteiger partial charge in [0.2, 0.25) is 5.91 Å². The van der Waals surface area contributed by atoms with Crippen LogP contribution in [0.15, 0.2) is 29.3 Å². The molecule has 35 heavy (non-hydrogen) atoms. The minimum Gasteiger partial charge on any atom is -0.463 e. The van der Waals surface area contributed by atoms with Gasteiger partial charge in [-0.3, -0.25) is 25.1 Å². The van der Waals surface area contributed by atoms with Crippen molar-refractivity contribution >= 4 is 46.6 Å². The van der Waals surface area contributed by atoms with Crippen molar-refractivity contribution in [2.75, 3.05) is 13.7 Å². The molecule has 2 aliphatic rings. The van der Waals surface area contributed by atoms with Crippen LogP contribution in [-0.2, 0) is 19.1 Å². The monoisotopic (exact) mass is 503 g/mol. The van der Waals surface area contributed by atoms with Gasteiger partial charge in [0.1, 0.15) is 23.3 Å². The summed E-state index contributed by atoms with van der Waals surface area (Å²) in [6.45, 7) is 7.19. The first-order valence-electron chi connectivity index (χ1n) is 11.0. The van der Waals surface area contributed by atoms with Crippen molar-refractivity contribution < 1.29 is 28.7 Å². The fourth-order valence-corrected chi connectivity index (χ4v) is 4.60. The molecule has 0 saturated carbocycles. The minimum atomic E-state index is -0.741. The second-order valence-corrected chi connectivity index (χ2v) is 10.4. The van der Waals surface area contributed by atoms with E-state index in [0.29, 0.717) is 16.3 Å². The second-order valence-electron chi connectivity index (χ2n) is 9.26. The Morgan fingerprint density at radius 1 is 1.20 bits per heavy atom. The number of nitrogens with zero attached hydrogens (tertiary/aromatic N) is 2. The van der Waals surface area contributed by atoms with Crippen LogP contribution in [0.3, 0.4) is 0 Å². The fraction of sp³-hybridized carbons (Fsp3) is 0.478. The highest BCUT2D eigenvalue weighted by Gasteiger charge is 2.40. The van der Waals surface area contributed by atoms with Gasteiger partial charge in [0, 0.05) is 24.2 Å². The summed E-state index contributed by atoms with van der Waals surface area (Å²) in [6, 6.07) is 5.52. The summed E-state index contributed by atoms with van der Waals surface area (Å²) in [5.41, 5.74) is 0.00135. The van der Waals surface area contributed by atoms with Gasteiger partial charge in [-0.25, -0.2) is 4.79 Å². The van der Waals surface area contributed by atoms with Crippen LogP contribution in [0.1, 0.15) is 50.0 Å². The van der Waals surface area contributed by atoms with Crippen LogP contribution >= 0.6 is 11.8 Å². The zero-order chi connectivity index (χ0) is 25.9. The van der Waals surface area contributed by atoms with E-state index in [4.69, 9.17) is 14.9 Å². The van der Waals surface area contributed by atoms with E-state index in [0.717, 1.165) is 0 Å². The standard InChI is InChI=1S/C23H29N5O6S/c1-12-17(20(31)25-15-10-16(29)33-11-15)35-21(28(12)5)27-19(30)14-8-6-13(7-9-14)18(24)26-22(32)34-23(2,3)4/h6-9,12,15,17H,10-11H2,1-5H3,(H,25,31)(H2,24,26,32). The number of nitrogens with one attached hydrogen (secondary N) is 3. The van der Waals surface area contributed by atoms with E-state index in [9.17, 15) is 19.2 Å². The van der Waals surface area contributed by atoms with Crippen LogP contribution in [0.5, 0.6) is 0 Å². The van der Waals surface area contributed by atoms with Crippen molar-refractivity contribution in [2.45, 2.75) is 57.1 Å². The predicted octanol–water partition coefficient (Wildman–Crippen LogP) is 1.90. The molecule has 3 N–H and O–H groups in total. The molecule has 0 bridgehead atoms. The van der Waals surface area contributed by atoms with Crippen molar-refractivity contribution in [3.8, 4) is 0 Å². The van der Waals surface area contributed by atoms with E-state index in [-0.39, 0.29) is 42.8 Å². The summed E-state index contributed by atoms with van der Waals surface area (Å²) in [6.07, 6.45) is -0.594. The molecule has 0 radical (unpaired) electrons. The molecule has 0 aromatic heterocycles. The number of alkyl carbamates (subject to hydrolysis) is 1. The highest BCUT2D eigenvalue weighted by molar-refractivity contribution is 8.15. The van der Waals surface area contributed by atoms with Crippen LogP contribution in [0.25, 0.3) is 0 Å². The molecule has 12 heteroatoms. The van der Waals surface area contributed by atoms with Crippen LogP contribution in [0.4, 0.5) is 4.79 Å². The Kier molecular flexibility index (Phi) is 7.83. The summed E-state index contributed by atoms with van der Waals surface area (Å²) in [4.78, 5) is 54.5. The van der Waals surface area contributed by atoms with Crippen LogP contribution in [0.2, 0.25) is 0 Å². The number of cyclic esters (lactones) is 1. The molecule has 1 aromatic rings. The molecule has 2 fully saturated rings. The maximum absolute atomic E-state index is 12.7. The van der Waals surface area contributed by atoms with E-state index in [2.05, 4.69) is 15.6 Å². The molecular weight excluding hydrogens is 474 g/mol. The first-order chi connectivity index (χ1) is 16.3. The molecule has 0 spiro atoms. The third-order valence-corrected chi connectivity index (χ3v) is 6.74. The second kappa shape index (κ2) is 10.5. The molecule has 2 heterocycles. The van der Waals surface area contributed by atoms with Crippen molar-refractivity contribution in [1.82, 2.24) is 15.5 Å². The molecule has 0 aliphatic carbocycles. The maximum atomic E-state index is 12.7. The predicted molar refractivity (Wildman–Crippen MR) is 131 cm³/mol. The number of esters is 1. The molecule has 3 amide bonds. The first kappa shape index (κ1) is 26.2. The molecular formula is C23H29N5O6S. The summed E-state index contributed by atoms with van der Waals surface area (Å²) in [5.74, 6) is -1.24. The highest BCUT2D eigenvalue weighted by atomic mass is 32.2. The first-order valence-corrected chi connectivity index (χ1v) is 11.9. The lowest BCUT2D eigenvalue weighted by Gasteiger charge is -2.20. The van der Waals surface area contributed by atoms with Gasteiger partial charge >= 0.3 is 12.1 Å². The number of thioether (sulfide) groups is 1. The Morgan fingerprint density at radius 3 is 2.40 bits per heavy atom. The number of carbonyl (C=O) groups excluding carboxylic acids is 4. The summed E-state index contributed by atoms with van der Waals surface area (Å²) >= 11 is 1.18. The number of carbonyl (C=O) groups is 4. The number of hydrogen-bond donors (Lipinski definition) is 3. The van der Waals surface area contributed by atoms with Gasteiger partial charge in [-0.2, -0.15) is 4.99 Å². The average Bonchev–Trinajstić information content (AvgIpc) is 3.29. The molecule has 2 aliphatic heterocycles. The summed E-state index contributed by atoms with van der Waals surface area (Å²) in [5, 5.41) is 13.1. The van der Waals surface area contributed by atoms with E-state index >= 15 is 0 Å². The molecule has 3 unspecified atom stereocenters. The maximum Gasteiger partial charge on any atom is 0.413 e. The van der Waals surface area contributed by atoms with Crippen LogP contribution in [0, 0.1) is 5.41 Å². The third-order valence-electron chi connectivity index (χ3n) is 5.29. The molecule has 2 saturated heterocycles. The third kappa shape index (κ3) is 6.81. The lowest BCUT2D eigenvalue weighted by Crippen LogP contribution is -2.45. The Bertz CT molecular complexity index is 1070. The smallest absolute Gasteiger partial charge is 0.413 e. The molecule has 3 rings (SSSR count). The molecule has 3 atom stereocenters. The Balaban J connectivity index is 1.61. The largest absolute Gasteiger partial charge is 0.463 e. The van der Waals surface area contributed by atoms with Gasteiger partial charge in [0.05, 0.1) is 12.5 Å². The van der Waals surface area contributed by atoms with Gasteiger partial charge in [0.25, 0.3) is 5.91 Å². The molecule has 188 valence electrons. The normalized spacial score (nSPS) is 23.1. The van der Waals surface area contributed by atoms with Crippen molar-refractivity contribution in [3.05, 3.63) is 35.4 Å². The van der Waals surface area contributed by atoms with E-state index < -0.39 is 22.9 Å². The number of hydrogen-bond acceptors (Lipinski definition) is 8.